The Labute approximate surface area is 200 Å². The van der Waals surface area contributed by atoms with Crippen LogP contribution in [0.25, 0.3) is 48.9 Å². The average molecular weight is 488 g/mol. The van der Waals surface area contributed by atoms with Crippen LogP contribution in [-0.4, -0.2) is 14.5 Å². The van der Waals surface area contributed by atoms with E-state index in [-0.39, 0.29) is 5.56 Å². The lowest BCUT2D eigenvalue weighted by Gasteiger charge is -2.10. The van der Waals surface area contributed by atoms with Crippen molar-refractivity contribution in [3.8, 4) is 27.3 Å². The van der Waals surface area contributed by atoms with Crippen LogP contribution in [0.2, 0.25) is 4.34 Å². The van der Waals surface area contributed by atoms with Gasteiger partial charge in [0.25, 0.3) is 5.56 Å². The van der Waals surface area contributed by atoms with Crippen molar-refractivity contribution < 1.29 is 0 Å². The third kappa shape index (κ3) is 3.24. The Kier molecular flexibility index (Phi) is 4.76. The zero-order valence-corrected chi connectivity index (χ0v) is 19.3. The van der Waals surface area contributed by atoms with E-state index in [9.17, 15) is 9.59 Å². The van der Waals surface area contributed by atoms with Crippen LogP contribution < -0.4 is 11.2 Å². The first-order valence-corrected chi connectivity index (χ1v) is 12.2. The Hall–Kier alpha value is -3.52. The maximum atomic E-state index is 13.4. The molecule has 4 aromatic heterocycles. The van der Waals surface area contributed by atoms with Crippen molar-refractivity contribution in [3.05, 3.63) is 103 Å². The van der Waals surface area contributed by atoms with Gasteiger partial charge < -0.3 is 4.98 Å². The van der Waals surface area contributed by atoms with Crippen LogP contribution in [0.5, 0.6) is 0 Å². The molecule has 0 aliphatic carbocycles. The van der Waals surface area contributed by atoms with Gasteiger partial charge >= 0.3 is 5.69 Å². The predicted molar refractivity (Wildman–Crippen MR) is 137 cm³/mol. The topological polar surface area (TPSA) is 67.8 Å². The van der Waals surface area contributed by atoms with E-state index in [2.05, 4.69) is 9.97 Å². The van der Waals surface area contributed by atoms with E-state index in [0.29, 0.717) is 16.6 Å². The Morgan fingerprint density at radius 3 is 2.55 bits per heavy atom. The number of H-pyrrole nitrogens is 1. The number of aromatic nitrogens is 3. The monoisotopic (exact) mass is 487 g/mol. The zero-order valence-electron chi connectivity index (χ0n) is 16.9. The third-order valence-corrected chi connectivity index (χ3v) is 7.74. The second-order valence-corrected chi connectivity index (χ2v) is 9.92. The fourth-order valence-corrected chi connectivity index (χ4v) is 6.09. The second kappa shape index (κ2) is 7.81. The molecule has 0 aliphatic rings. The van der Waals surface area contributed by atoms with Crippen LogP contribution in [0.4, 0.5) is 0 Å². The molecule has 1 N–H and O–H groups in total. The van der Waals surface area contributed by atoms with E-state index >= 15 is 0 Å². The van der Waals surface area contributed by atoms with E-state index in [4.69, 9.17) is 11.6 Å². The van der Waals surface area contributed by atoms with Crippen LogP contribution in [0.1, 0.15) is 0 Å². The number of rotatable bonds is 3. The minimum atomic E-state index is -0.505. The van der Waals surface area contributed by atoms with Crippen molar-refractivity contribution in [1.29, 1.82) is 0 Å². The number of halogens is 1. The summed E-state index contributed by atoms with van der Waals surface area (Å²) in [5.74, 6) is 0. The molecule has 6 rings (SSSR count). The van der Waals surface area contributed by atoms with Crippen molar-refractivity contribution in [2.75, 3.05) is 0 Å². The number of aromatic amines is 1. The van der Waals surface area contributed by atoms with Gasteiger partial charge in [-0.1, -0.05) is 41.9 Å². The van der Waals surface area contributed by atoms with E-state index in [0.717, 1.165) is 41.2 Å². The Balaban J connectivity index is 1.55. The van der Waals surface area contributed by atoms with Crippen molar-refractivity contribution in [3.63, 3.8) is 0 Å². The third-order valence-electron chi connectivity index (χ3n) is 5.62. The smallest absolute Gasteiger partial charge is 0.306 e. The molecule has 0 aliphatic heterocycles. The molecule has 5 nitrogen and oxygen atoms in total. The van der Waals surface area contributed by atoms with Crippen LogP contribution in [0, 0.1) is 0 Å². The molecule has 160 valence electrons. The molecule has 0 radical (unpaired) electrons. The molecule has 0 saturated carbocycles. The summed E-state index contributed by atoms with van der Waals surface area (Å²) in [6.07, 6.45) is 3.25. The molecule has 0 bridgehead atoms. The van der Waals surface area contributed by atoms with Gasteiger partial charge in [-0.25, -0.2) is 9.36 Å². The first-order valence-electron chi connectivity index (χ1n) is 10.1. The molecule has 33 heavy (non-hydrogen) atoms. The van der Waals surface area contributed by atoms with Gasteiger partial charge in [0.15, 0.2) is 0 Å². The van der Waals surface area contributed by atoms with E-state index in [1.807, 2.05) is 59.3 Å². The van der Waals surface area contributed by atoms with Gasteiger partial charge in [-0.3, -0.25) is 9.78 Å². The lowest BCUT2D eigenvalue weighted by Crippen LogP contribution is -2.33. The quantitative estimate of drug-likeness (QED) is 0.317. The highest BCUT2D eigenvalue weighted by molar-refractivity contribution is 7.17. The highest BCUT2D eigenvalue weighted by Gasteiger charge is 2.16. The summed E-state index contributed by atoms with van der Waals surface area (Å²) in [6.45, 7) is 0. The molecule has 8 heteroatoms. The predicted octanol–water partition coefficient (Wildman–Crippen LogP) is 6.34. The van der Waals surface area contributed by atoms with Gasteiger partial charge in [0.1, 0.15) is 4.34 Å². The fourth-order valence-electron chi connectivity index (χ4n) is 4.08. The molecule has 0 amide bonds. The Bertz CT molecular complexity index is 1790. The molecule has 0 fully saturated rings. The number of nitrogens with zero attached hydrogens (tertiary/aromatic N) is 2. The minimum absolute atomic E-state index is 0.384. The molecule has 4 heterocycles. The van der Waals surface area contributed by atoms with Crippen LogP contribution >= 0.6 is 34.3 Å². The first kappa shape index (κ1) is 20.1. The highest BCUT2D eigenvalue weighted by Crippen LogP contribution is 2.42. The molecular weight excluding hydrogens is 474 g/mol. The molecular formula is C25H14ClN3O2S2. The van der Waals surface area contributed by atoms with Crippen LogP contribution in [-0.2, 0) is 0 Å². The van der Waals surface area contributed by atoms with E-state index < -0.39 is 5.69 Å². The van der Waals surface area contributed by atoms with Crippen molar-refractivity contribution in [2.45, 2.75) is 0 Å². The van der Waals surface area contributed by atoms with E-state index in [1.165, 1.54) is 11.3 Å². The lowest BCUT2D eigenvalue weighted by molar-refractivity contribution is 0.902. The number of hydrogen-bond donors (Lipinski definition) is 1. The maximum Gasteiger partial charge on any atom is 0.333 e. The molecule has 0 atom stereocenters. The van der Waals surface area contributed by atoms with E-state index in [1.54, 1.807) is 29.8 Å². The number of nitrogens with one attached hydrogen (secondary N) is 1. The van der Waals surface area contributed by atoms with Crippen LogP contribution in [0.15, 0.2) is 87.3 Å². The SMILES string of the molecule is O=c1[nH]c2cc(-c3ccsc3-c3ccsc3Cl)ccc2c(=O)n1-c1cncc2ccccc12. The minimum Gasteiger partial charge on any atom is -0.306 e. The average Bonchev–Trinajstić information content (AvgIpc) is 3.47. The molecule has 0 spiro atoms. The van der Waals surface area contributed by atoms with Crippen LogP contribution in [0.3, 0.4) is 0 Å². The number of benzene rings is 2. The summed E-state index contributed by atoms with van der Waals surface area (Å²) >= 11 is 9.47. The molecule has 0 unspecified atom stereocenters. The standard InChI is InChI=1S/C25H14ClN3O2S2/c26-23-19(8-10-33-23)22-17(7-9-32-22)14-5-6-18-20(11-14)28-25(31)29(24(18)30)21-13-27-12-15-3-1-2-4-16(15)21/h1-13H,(H,28,31). The van der Waals surface area contributed by atoms with Gasteiger partial charge in [-0.05, 0) is 40.6 Å². The van der Waals surface area contributed by atoms with Gasteiger partial charge in [0.2, 0.25) is 0 Å². The number of pyridine rings is 1. The summed E-state index contributed by atoms with van der Waals surface area (Å²) in [5, 5.41) is 6.04. The number of fused-ring (bicyclic) bond motifs is 2. The largest absolute Gasteiger partial charge is 0.333 e. The summed E-state index contributed by atoms with van der Waals surface area (Å²) < 4.78 is 1.89. The van der Waals surface area contributed by atoms with Crippen molar-refractivity contribution in [1.82, 2.24) is 14.5 Å². The zero-order chi connectivity index (χ0) is 22.5. The second-order valence-electron chi connectivity index (χ2n) is 7.48. The fraction of sp³-hybridized carbons (Fsp3) is 0. The summed E-state index contributed by atoms with van der Waals surface area (Å²) in [6, 6.07) is 17.1. The molecule has 0 saturated heterocycles. The molecule has 6 aromatic rings. The highest BCUT2D eigenvalue weighted by atomic mass is 35.5. The molecule has 2 aromatic carbocycles. The van der Waals surface area contributed by atoms with Crippen molar-refractivity contribution >= 4 is 55.9 Å². The lowest BCUT2D eigenvalue weighted by atomic mass is 10.0. The Morgan fingerprint density at radius 1 is 0.879 bits per heavy atom. The Morgan fingerprint density at radius 2 is 1.70 bits per heavy atom. The summed E-state index contributed by atoms with van der Waals surface area (Å²) in [4.78, 5) is 34.6. The normalized spacial score (nSPS) is 11.4. The summed E-state index contributed by atoms with van der Waals surface area (Å²) in [7, 11) is 0. The van der Waals surface area contributed by atoms with Gasteiger partial charge in [-0.15, -0.1) is 22.7 Å². The van der Waals surface area contributed by atoms with Crippen molar-refractivity contribution in [2.24, 2.45) is 0 Å². The first-order chi connectivity index (χ1) is 16.1. The number of hydrogen-bond acceptors (Lipinski definition) is 5. The van der Waals surface area contributed by atoms with Gasteiger partial charge in [0.05, 0.1) is 22.8 Å². The van der Waals surface area contributed by atoms with Gasteiger partial charge in [-0.2, -0.15) is 0 Å². The summed E-state index contributed by atoms with van der Waals surface area (Å²) in [5.41, 5.74) is 2.95. The van der Waals surface area contributed by atoms with Gasteiger partial charge in [0, 0.05) is 33.0 Å². The number of thiophene rings is 2. The maximum absolute atomic E-state index is 13.4.